The molecule has 0 aliphatic carbocycles. The molecule has 1 aliphatic rings. The van der Waals surface area contributed by atoms with Crippen LogP contribution in [0.5, 0.6) is 0 Å². The number of hydrogen-bond acceptors (Lipinski definition) is 6. The van der Waals surface area contributed by atoms with Gasteiger partial charge in [-0.2, -0.15) is 9.78 Å². The normalized spacial score (nSPS) is 16.3. The topological polar surface area (TPSA) is 107 Å². The van der Waals surface area contributed by atoms with Crippen LogP contribution in [0.25, 0.3) is 22.2 Å². The third-order valence-corrected chi connectivity index (χ3v) is 5.66. The highest BCUT2D eigenvalue weighted by atomic mass is 35.5. The molecule has 32 heavy (non-hydrogen) atoms. The molecule has 0 radical (unpaired) electrons. The standard InChI is InChI=1S/C23H21ClN6O2/c24-15-9-7-14(8-10-15)12-27-30-21(25)19(23(31)26-13-16-4-3-11-32-16)20-22(30)29-18-6-2-1-5-17(18)28-20/h1-2,5-10,12,16H,3-4,11,13,25H2,(H,26,31)/b27-12-. The summed E-state index contributed by atoms with van der Waals surface area (Å²) in [7, 11) is 0. The maximum atomic E-state index is 13.1. The number of nitrogens with zero attached hydrogens (tertiary/aromatic N) is 4. The van der Waals surface area contributed by atoms with Gasteiger partial charge in [0.1, 0.15) is 16.9 Å². The Balaban J connectivity index is 1.58. The van der Waals surface area contributed by atoms with E-state index in [-0.39, 0.29) is 23.4 Å². The molecule has 1 unspecified atom stereocenters. The fourth-order valence-electron chi connectivity index (χ4n) is 3.76. The van der Waals surface area contributed by atoms with Gasteiger partial charge in [-0.1, -0.05) is 35.9 Å². The molecular formula is C23H21ClN6O2. The van der Waals surface area contributed by atoms with Gasteiger partial charge in [-0.15, -0.1) is 0 Å². The lowest BCUT2D eigenvalue weighted by Crippen LogP contribution is -2.32. The summed E-state index contributed by atoms with van der Waals surface area (Å²) in [4.78, 5) is 22.5. The van der Waals surface area contributed by atoms with E-state index in [1.54, 1.807) is 18.3 Å². The minimum atomic E-state index is -0.326. The third kappa shape index (κ3) is 3.90. The van der Waals surface area contributed by atoms with Crippen LogP contribution in [0.4, 0.5) is 5.82 Å². The molecule has 5 rings (SSSR count). The van der Waals surface area contributed by atoms with E-state index in [0.29, 0.717) is 33.8 Å². The number of ether oxygens (including phenoxy) is 1. The van der Waals surface area contributed by atoms with Crippen molar-refractivity contribution in [3.05, 3.63) is 64.7 Å². The van der Waals surface area contributed by atoms with Gasteiger partial charge in [0.2, 0.25) is 0 Å². The zero-order valence-electron chi connectivity index (χ0n) is 17.2. The number of halogens is 1. The number of amides is 1. The fraction of sp³-hybridized carbons (Fsp3) is 0.217. The van der Waals surface area contributed by atoms with Gasteiger partial charge in [-0.05, 0) is 42.7 Å². The molecule has 1 atom stereocenters. The molecule has 1 aliphatic heterocycles. The average Bonchev–Trinajstić information content (AvgIpc) is 3.41. The minimum Gasteiger partial charge on any atom is -0.383 e. The Labute approximate surface area is 189 Å². The van der Waals surface area contributed by atoms with Crippen molar-refractivity contribution in [1.29, 1.82) is 0 Å². The molecule has 1 amide bonds. The highest BCUT2D eigenvalue weighted by Crippen LogP contribution is 2.28. The van der Waals surface area contributed by atoms with Gasteiger partial charge in [0.05, 0.1) is 23.4 Å². The Hall–Kier alpha value is -3.49. The maximum Gasteiger partial charge on any atom is 0.257 e. The average molecular weight is 449 g/mol. The summed E-state index contributed by atoms with van der Waals surface area (Å²) >= 11 is 5.96. The Morgan fingerprint density at radius 1 is 1.22 bits per heavy atom. The van der Waals surface area contributed by atoms with E-state index in [1.807, 2.05) is 36.4 Å². The van der Waals surface area contributed by atoms with E-state index in [2.05, 4.69) is 20.4 Å². The van der Waals surface area contributed by atoms with Crippen LogP contribution in [0.2, 0.25) is 5.02 Å². The van der Waals surface area contributed by atoms with Crippen LogP contribution >= 0.6 is 11.6 Å². The summed E-state index contributed by atoms with van der Waals surface area (Å²) < 4.78 is 7.05. The van der Waals surface area contributed by atoms with Crippen molar-refractivity contribution >= 4 is 51.7 Å². The predicted octanol–water partition coefficient (Wildman–Crippen LogP) is 3.61. The molecule has 2 aromatic heterocycles. The van der Waals surface area contributed by atoms with Gasteiger partial charge in [0.15, 0.2) is 5.65 Å². The lowest BCUT2D eigenvalue weighted by molar-refractivity contribution is 0.0859. The quantitative estimate of drug-likeness (QED) is 0.453. The van der Waals surface area contributed by atoms with Gasteiger partial charge in [-0.25, -0.2) is 9.97 Å². The number of nitrogen functional groups attached to an aromatic ring is 1. The number of para-hydroxylation sites is 2. The zero-order chi connectivity index (χ0) is 22.1. The summed E-state index contributed by atoms with van der Waals surface area (Å²) in [6, 6.07) is 14.7. The van der Waals surface area contributed by atoms with Crippen LogP contribution in [-0.2, 0) is 4.74 Å². The summed E-state index contributed by atoms with van der Waals surface area (Å²) in [6.07, 6.45) is 3.58. The molecule has 9 heteroatoms. The van der Waals surface area contributed by atoms with Crippen LogP contribution in [0, 0.1) is 0 Å². The fourth-order valence-corrected chi connectivity index (χ4v) is 3.89. The van der Waals surface area contributed by atoms with Crippen molar-refractivity contribution in [2.75, 3.05) is 18.9 Å². The van der Waals surface area contributed by atoms with Crippen LogP contribution in [-0.4, -0.2) is 46.0 Å². The Kier molecular flexibility index (Phi) is 5.46. The van der Waals surface area contributed by atoms with Crippen molar-refractivity contribution in [3.8, 4) is 0 Å². The van der Waals surface area contributed by atoms with Crippen molar-refractivity contribution < 1.29 is 9.53 Å². The van der Waals surface area contributed by atoms with Gasteiger partial charge >= 0.3 is 0 Å². The SMILES string of the molecule is Nc1c(C(=O)NCC2CCCO2)c2nc3ccccc3nc2n1/N=C\c1ccc(Cl)cc1. The van der Waals surface area contributed by atoms with Crippen molar-refractivity contribution in [2.45, 2.75) is 18.9 Å². The molecular weight excluding hydrogens is 428 g/mol. The number of anilines is 1. The largest absolute Gasteiger partial charge is 0.383 e. The van der Waals surface area contributed by atoms with E-state index >= 15 is 0 Å². The summed E-state index contributed by atoms with van der Waals surface area (Å²) in [5.74, 6) is -0.154. The zero-order valence-corrected chi connectivity index (χ0v) is 17.9. The molecule has 2 aromatic carbocycles. The number of carbonyl (C=O) groups is 1. The Morgan fingerprint density at radius 3 is 2.69 bits per heavy atom. The van der Waals surface area contributed by atoms with E-state index in [4.69, 9.17) is 22.1 Å². The van der Waals surface area contributed by atoms with Crippen LogP contribution < -0.4 is 11.1 Å². The molecule has 4 aromatic rings. The highest BCUT2D eigenvalue weighted by Gasteiger charge is 2.25. The van der Waals surface area contributed by atoms with E-state index < -0.39 is 0 Å². The molecule has 0 bridgehead atoms. The molecule has 1 saturated heterocycles. The predicted molar refractivity (Wildman–Crippen MR) is 125 cm³/mol. The lowest BCUT2D eigenvalue weighted by atomic mass is 10.2. The summed E-state index contributed by atoms with van der Waals surface area (Å²) in [5.41, 5.74) is 9.66. The number of aromatic nitrogens is 3. The maximum absolute atomic E-state index is 13.1. The van der Waals surface area contributed by atoms with E-state index in [9.17, 15) is 4.79 Å². The van der Waals surface area contributed by atoms with Gasteiger partial charge in [0.25, 0.3) is 5.91 Å². The second-order valence-corrected chi connectivity index (χ2v) is 8.03. The van der Waals surface area contributed by atoms with Crippen LogP contribution in [0.3, 0.4) is 0 Å². The summed E-state index contributed by atoms with van der Waals surface area (Å²) in [5, 5.41) is 8.06. The lowest BCUT2D eigenvalue weighted by Gasteiger charge is -2.10. The first-order chi connectivity index (χ1) is 15.6. The first kappa shape index (κ1) is 20.4. The molecule has 1 fully saturated rings. The first-order valence-corrected chi connectivity index (χ1v) is 10.7. The van der Waals surface area contributed by atoms with Crippen molar-refractivity contribution in [3.63, 3.8) is 0 Å². The molecule has 3 heterocycles. The van der Waals surface area contributed by atoms with E-state index in [1.165, 1.54) is 4.68 Å². The number of fused-ring (bicyclic) bond motifs is 2. The highest BCUT2D eigenvalue weighted by molar-refractivity contribution is 6.30. The van der Waals surface area contributed by atoms with Crippen LogP contribution in [0.15, 0.2) is 53.6 Å². The number of carbonyl (C=O) groups excluding carboxylic acids is 1. The third-order valence-electron chi connectivity index (χ3n) is 5.41. The smallest absolute Gasteiger partial charge is 0.257 e. The van der Waals surface area contributed by atoms with Gasteiger partial charge in [0, 0.05) is 18.2 Å². The first-order valence-electron chi connectivity index (χ1n) is 10.4. The van der Waals surface area contributed by atoms with Gasteiger partial charge in [-0.3, -0.25) is 4.79 Å². The minimum absolute atomic E-state index is 0.0170. The second kappa shape index (κ2) is 8.57. The second-order valence-electron chi connectivity index (χ2n) is 7.60. The number of nitrogens with two attached hydrogens (primary N) is 1. The van der Waals surface area contributed by atoms with Crippen LogP contribution in [0.1, 0.15) is 28.8 Å². The number of rotatable bonds is 5. The van der Waals surface area contributed by atoms with Gasteiger partial charge < -0.3 is 15.8 Å². The summed E-state index contributed by atoms with van der Waals surface area (Å²) in [6.45, 7) is 1.14. The molecule has 0 saturated carbocycles. The molecule has 3 N–H and O–H groups in total. The van der Waals surface area contributed by atoms with Crippen molar-refractivity contribution in [1.82, 2.24) is 20.0 Å². The number of nitrogens with one attached hydrogen (secondary N) is 1. The monoisotopic (exact) mass is 448 g/mol. The Bertz CT molecular complexity index is 1330. The molecule has 8 nitrogen and oxygen atoms in total. The molecule has 0 spiro atoms. The van der Waals surface area contributed by atoms with Crippen molar-refractivity contribution in [2.24, 2.45) is 5.10 Å². The number of benzene rings is 2. The molecule has 162 valence electrons. The van der Waals surface area contributed by atoms with E-state index in [0.717, 1.165) is 25.0 Å². The Morgan fingerprint density at radius 2 is 1.97 bits per heavy atom. The number of hydrogen-bond donors (Lipinski definition) is 2.